The van der Waals surface area contributed by atoms with E-state index in [1.165, 1.54) is 43.2 Å². The molecule has 2 atom stereocenters. The summed E-state index contributed by atoms with van der Waals surface area (Å²) in [6.07, 6.45) is 7.42. The fourth-order valence-corrected chi connectivity index (χ4v) is 2.72. The second kappa shape index (κ2) is 9.11. The SMILES string of the molecule is CCCCC(CC)CC(Cc1cccc(C)c1)NN. The van der Waals surface area contributed by atoms with Crippen LogP contribution in [0, 0.1) is 12.8 Å². The maximum absolute atomic E-state index is 5.74. The highest BCUT2D eigenvalue weighted by molar-refractivity contribution is 5.22. The molecule has 1 rings (SSSR count). The molecular formula is C17H30N2. The van der Waals surface area contributed by atoms with Crippen LogP contribution in [-0.4, -0.2) is 6.04 Å². The normalized spacial score (nSPS) is 14.3. The molecule has 1 aromatic rings. The maximum Gasteiger partial charge on any atom is 0.0253 e. The topological polar surface area (TPSA) is 38.0 Å². The molecule has 2 nitrogen and oxygen atoms in total. The first-order valence-electron chi connectivity index (χ1n) is 7.71. The second-order valence-electron chi connectivity index (χ2n) is 5.71. The Morgan fingerprint density at radius 3 is 2.63 bits per heavy atom. The van der Waals surface area contributed by atoms with Crippen molar-refractivity contribution in [3.63, 3.8) is 0 Å². The molecule has 0 heterocycles. The molecule has 2 unspecified atom stereocenters. The number of benzene rings is 1. The number of aryl methyl sites for hydroxylation is 1. The Morgan fingerprint density at radius 2 is 2.05 bits per heavy atom. The summed E-state index contributed by atoms with van der Waals surface area (Å²) in [6.45, 7) is 6.70. The molecular weight excluding hydrogens is 232 g/mol. The molecule has 2 heteroatoms. The standard InChI is InChI=1S/C17H30N2/c1-4-6-9-15(5-2)12-17(19-18)13-16-10-7-8-14(3)11-16/h7-8,10-11,15,17,19H,4-6,9,12-13,18H2,1-3H3. The van der Waals surface area contributed by atoms with Crippen LogP contribution in [0.2, 0.25) is 0 Å². The molecule has 0 amide bonds. The summed E-state index contributed by atoms with van der Waals surface area (Å²) in [7, 11) is 0. The van der Waals surface area contributed by atoms with Gasteiger partial charge >= 0.3 is 0 Å². The van der Waals surface area contributed by atoms with E-state index in [-0.39, 0.29) is 0 Å². The Balaban J connectivity index is 2.52. The van der Waals surface area contributed by atoms with Crippen LogP contribution in [-0.2, 0) is 6.42 Å². The molecule has 0 saturated heterocycles. The van der Waals surface area contributed by atoms with Gasteiger partial charge in [0.2, 0.25) is 0 Å². The van der Waals surface area contributed by atoms with Crippen molar-refractivity contribution in [2.45, 2.75) is 65.3 Å². The lowest BCUT2D eigenvalue weighted by Gasteiger charge is -2.22. The second-order valence-corrected chi connectivity index (χ2v) is 5.71. The molecule has 0 saturated carbocycles. The molecule has 108 valence electrons. The Hall–Kier alpha value is -0.860. The van der Waals surface area contributed by atoms with Crippen LogP contribution < -0.4 is 11.3 Å². The Kier molecular flexibility index (Phi) is 7.76. The fourth-order valence-electron chi connectivity index (χ4n) is 2.72. The van der Waals surface area contributed by atoms with Gasteiger partial charge in [-0.15, -0.1) is 0 Å². The zero-order valence-electron chi connectivity index (χ0n) is 12.8. The van der Waals surface area contributed by atoms with E-state index in [0.29, 0.717) is 6.04 Å². The van der Waals surface area contributed by atoms with Crippen LogP contribution in [0.3, 0.4) is 0 Å². The number of nitrogens with one attached hydrogen (secondary N) is 1. The largest absolute Gasteiger partial charge is 0.271 e. The van der Waals surface area contributed by atoms with E-state index in [2.05, 4.69) is 50.5 Å². The van der Waals surface area contributed by atoms with Crippen LogP contribution in [0.1, 0.15) is 57.1 Å². The third-order valence-corrected chi connectivity index (χ3v) is 3.96. The molecule has 19 heavy (non-hydrogen) atoms. The summed E-state index contributed by atoms with van der Waals surface area (Å²) in [5, 5.41) is 0. The predicted octanol–water partition coefficient (Wildman–Crippen LogP) is 3.98. The predicted molar refractivity (Wildman–Crippen MR) is 83.9 cm³/mol. The lowest BCUT2D eigenvalue weighted by atomic mass is 9.89. The van der Waals surface area contributed by atoms with Crippen molar-refractivity contribution >= 4 is 0 Å². The van der Waals surface area contributed by atoms with Crippen LogP contribution in [0.5, 0.6) is 0 Å². The summed E-state index contributed by atoms with van der Waals surface area (Å²) < 4.78 is 0. The molecule has 0 aliphatic carbocycles. The van der Waals surface area contributed by atoms with Crippen LogP contribution in [0.25, 0.3) is 0 Å². The number of hydrogen-bond donors (Lipinski definition) is 2. The van der Waals surface area contributed by atoms with Gasteiger partial charge in [-0.1, -0.05) is 69.4 Å². The molecule has 0 aromatic heterocycles. The van der Waals surface area contributed by atoms with Gasteiger partial charge in [0.05, 0.1) is 0 Å². The third-order valence-electron chi connectivity index (χ3n) is 3.96. The van der Waals surface area contributed by atoms with E-state index in [0.717, 1.165) is 12.3 Å². The van der Waals surface area contributed by atoms with E-state index in [9.17, 15) is 0 Å². The first kappa shape index (κ1) is 16.2. The highest BCUT2D eigenvalue weighted by Gasteiger charge is 2.14. The summed E-state index contributed by atoms with van der Waals surface area (Å²) in [6, 6.07) is 9.13. The number of hydrogen-bond acceptors (Lipinski definition) is 2. The van der Waals surface area contributed by atoms with Gasteiger partial charge < -0.3 is 0 Å². The molecule has 0 aliphatic rings. The number of nitrogens with two attached hydrogens (primary N) is 1. The van der Waals surface area contributed by atoms with E-state index >= 15 is 0 Å². The van der Waals surface area contributed by atoms with Gasteiger partial charge in [0, 0.05) is 6.04 Å². The summed E-state index contributed by atoms with van der Waals surface area (Å²) in [4.78, 5) is 0. The molecule has 3 N–H and O–H groups in total. The number of hydrazine groups is 1. The minimum atomic E-state index is 0.392. The minimum absolute atomic E-state index is 0.392. The molecule has 0 fully saturated rings. The van der Waals surface area contributed by atoms with Crippen molar-refractivity contribution in [2.24, 2.45) is 11.8 Å². The van der Waals surface area contributed by atoms with Crippen molar-refractivity contribution < 1.29 is 0 Å². The van der Waals surface area contributed by atoms with Gasteiger partial charge in [0.1, 0.15) is 0 Å². The van der Waals surface area contributed by atoms with E-state index < -0.39 is 0 Å². The molecule has 0 spiro atoms. The average Bonchev–Trinajstić information content (AvgIpc) is 2.42. The molecule has 0 bridgehead atoms. The van der Waals surface area contributed by atoms with Crippen LogP contribution >= 0.6 is 0 Å². The van der Waals surface area contributed by atoms with E-state index in [4.69, 9.17) is 5.84 Å². The smallest absolute Gasteiger partial charge is 0.0253 e. The van der Waals surface area contributed by atoms with Gasteiger partial charge in [-0.3, -0.25) is 11.3 Å². The molecule has 0 aliphatic heterocycles. The zero-order chi connectivity index (χ0) is 14.1. The lowest BCUT2D eigenvalue weighted by Crippen LogP contribution is -2.38. The van der Waals surface area contributed by atoms with Crippen molar-refractivity contribution in [2.75, 3.05) is 0 Å². The van der Waals surface area contributed by atoms with Gasteiger partial charge in [-0.25, -0.2) is 0 Å². The number of rotatable bonds is 9. The molecule has 0 radical (unpaired) electrons. The number of unbranched alkanes of at least 4 members (excludes halogenated alkanes) is 1. The first-order valence-corrected chi connectivity index (χ1v) is 7.71. The fraction of sp³-hybridized carbons (Fsp3) is 0.647. The summed E-state index contributed by atoms with van der Waals surface area (Å²) >= 11 is 0. The van der Waals surface area contributed by atoms with Gasteiger partial charge in [-0.2, -0.15) is 0 Å². The monoisotopic (exact) mass is 262 g/mol. The highest BCUT2D eigenvalue weighted by atomic mass is 15.2. The van der Waals surface area contributed by atoms with Crippen LogP contribution in [0.4, 0.5) is 0 Å². The first-order chi connectivity index (χ1) is 9.19. The Morgan fingerprint density at radius 1 is 1.26 bits per heavy atom. The Bertz CT molecular complexity index is 349. The lowest BCUT2D eigenvalue weighted by molar-refractivity contribution is 0.350. The summed E-state index contributed by atoms with van der Waals surface area (Å²) in [5.74, 6) is 6.54. The van der Waals surface area contributed by atoms with Gasteiger partial charge in [-0.05, 0) is 31.2 Å². The van der Waals surface area contributed by atoms with E-state index in [1.54, 1.807) is 0 Å². The third kappa shape index (κ3) is 6.22. The van der Waals surface area contributed by atoms with Crippen molar-refractivity contribution in [1.82, 2.24) is 5.43 Å². The zero-order valence-corrected chi connectivity index (χ0v) is 12.8. The Labute approximate surface area is 118 Å². The molecule has 1 aromatic carbocycles. The van der Waals surface area contributed by atoms with Crippen molar-refractivity contribution in [1.29, 1.82) is 0 Å². The van der Waals surface area contributed by atoms with Gasteiger partial charge in [0.25, 0.3) is 0 Å². The quantitative estimate of drug-likeness (QED) is 0.522. The maximum atomic E-state index is 5.74. The van der Waals surface area contributed by atoms with Gasteiger partial charge in [0.15, 0.2) is 0 Å². The van der Waals surface area contributed by atoms with Crippen molar-refractivity contribution in [3.8, 4) is 0 Å². The summed E-state index contributed by atoms with van der Waals surface area (Å²) in [5.41, 5.74) is 5.72. The average molecular weight is 262 g/mol. The van der Waals surface area contributed by atoms with Crippen molar-refractivity contribution in [3.05, 3.63) is 35.4 Å². The minimum Gasteiger partial charge on any atom is -0.271 e. The van der Waals surface area contributed by atoms with Crippen LogP contribution in [0.15, 0.2) is 24.3 Å². The highest BCUT2D eigenvalue weighted by Crippen LogP contribution is 2.20. The van der Waals surface area contributed by atoms with E-state index in [1.807, 2.05) is 0 Å².